The van der Waals surface area contributed by atoms with Crippen LogP contribution in [0.25, 0.3) is 0 Å². The second-order valence-corrected chi connectivity index (χ2v) is 13.3. The van der Waals surface area contributed by atoms with E-state index in [0.29, 0.717) is 0 Å². The highest BCUT2D eigenvalue weighted by Gasteiger charge is 2.45. The summed E-state index contributed by atoms with van der Waals surface area (Å²) in [6.07, 6.45) is 14.1. The maximum absolute atomic E-state index is 2.39. The minimum Gasteiger partial charge on any atom is -0.0654 e. The Morgan fingerprint density at radius 1 is 0.562 bits per heavy atom. The van der Waals surface area contributed by atoms with E-state index in [1.165, 1.54) is 79.9 Å². The van der Waals surface area contributed by atoms with Gasteiger partial charge in [0.05, 0.1) is 6.16 Å². The van der Waals surface area contributed by atoms with Crippen molar-refractivity contribution in [2.24, 2.45) is 11.8 Å². The van der Waals surface area contributed by atoms with Gasteiger partial charge in [0, 0.05) is 0 Å². The highest BCUT2D eigenvalue weighted by Crippen LogP contribution is 2.56. The molecule has 0 nitrogen and oxygen atoms in total. The molecule has 3 aromatic carbocycles. The number of unbranched alkanes of at least 4 members (excludes halogenated alkanes) is 2. The summed E-state index contributed by atoms with van der Waals surface area (Å²) < 4.78 is 0. The molecule has 0 atom stereocenters. The smallest absolute Gasteiger partial charge is 0.0654 e. The number of hydrogen-bond acceptors (Lipinski definition) is 0. The lowest BCUT2D eigenvalue weighted by atomic mass is 9.79. The van der Waals surface area contributed by atoms with Gasteiger partial charge >= 0.3 is 0 Å². The van der Waals surface area contributed by atoms with Crippen LogP contribution in [-0.2, 0) is 0 Å². The van der Waals surface area contributed by atoms with Crippen LogP contribution in [-0.4, -0.2) is 6.16 Å². The van der Waals surface area contributed by atoms with Crippen LogP contribution in [0.4, 0.5) is 0 Å². The van der Waals surface area contributed by atoms with E-state index in [-0.39, 0.29) is 0 Å². The predicted octanol–water partition coefficient (Wildman–Crippen LogP) is 7.76. The van der Waals surface area contributed by atoms with E-state index < -0.39 is 7.26 Å². The molecule has 1 saturated carbocycles. The first-order chi connectivity index (χ1) is 15.8. The zero-order chi connectivity index (χ0) is 22.1. The molecule has 4 rings (SSSR count). The zero-order valence-corrected chi connectivity index (χ0v) is 20.7. The van der Waals surface area contributed by atoms with E-state index >= 15 is 0 Å². The summed E-state index contributed by atoms with van der Waals surface area (Å²) >= 11 is 0. The monoisotopic (exact) mass is 443 g/mol. The van der Waals surface area contributed by atoms with Crippen LogP contribution in [0, 0.1) is 11.8 Å². The van der Waals surface area contributed by atoms with Crippen LogP contribution >= 0.6 is 7.26 Å². The third-order valence-corrected chi connectivity index (χ3v) is 12.1. The molecule has 3 aromatic rings. The summed E-state index contributed by atoms with van der Waals surface area (Å²) in [5.74, 6) is 1.89. The Kier molecular flexibility index (Phi) is 8.58. The van der Waals surface area contributed by atoms with Crippen LogP contribution in [0.3, 0.4) is 0 Å². The first kappa shape index (κ1) is 23.3. The number of hydrogen-bond donors (Lipinski definition) is 0. The Balaban J connectivity index is 1.57. The fourth-order valence-electron chi connectivity index (χ4n) is 5.75. The van der Waals surface area contributed by atoms with Gasteiger partial charge in [-0.05, 0) is 54.7 Å². The van der Waals surface area contributed by atoms with Gasteiger partial charge in [-0.2, -0.15) is 0 Å². The van der Waals surface area contributed by atoms with Crippen LogP contribution in [0.1, 0.15) is 64.7 Å². The summed E-state index contributed by atoms with van der Waals surface area (Å²) in [5.41, 5.74) is 0. The fraction of sp³-hybridized carbons (Fsp3) is 0.419. The molecule has 168 valence electrons. The Morgan fingerprint density at radius 2 is 0.969 bits per heavy atom. The lowest BCUT2D eigenvalue weighted by molar-refractivity contribution is 0.255. The van der Waals surface area contributed by atoms with Crippen molar-refractivity contribution in [3.63, 3.8) is 0 Å². The van der Waals surface area contributed by atoms with Gasteiger partial charge in [-0.25, -0.2) is 0 Å². The van der Waals surface area contributed by atoms with Crippen molar-refractivity contribution >= 4 is 23.2 Å². The number of rotatable bonds is 10. The van der Waals surface area contributed by atoms with Crippen molar-refractivity contribution in [2.75, 3.05) is 6.16 Å². The molecular formula is C31H40P+. The van der Waals surface area contributed by atoms with Gasteiger partial charge in [0.15, 0.2) is 0 Å². The molecule has 0 spiro atoms. The molecule has 0 N–H and O–H groups in total. The van der Waals surface area contributed by atoms with Gasteiger partial charge in [0.1, 0.15) is 23.2 Å². The van der Waals surface area contributed by atoms with E-state index in [2.05, 4.69) is 97.9 Å². The van der Waals surface area contributed by atoms with Crippen LogP contribution in [0.5, 0.6) is 0 Å². The summed E-state index contributed by atoms with van der Waals surface area (Å²) in [6.45, 7) is 2.32. The van der Waals surface area contributed by atoms with Crippen molar-refractivity contribution in [1.82, 2.24) is 0 Å². The second-order valence-electron chi connectivity index (χ2n) is 9.71. The molecule has 0 aliphatic heterocycles. The molecule has 1 aliphatic rings. The first-order valence-corrected chi connectivity index (χ1v) is 14.8. The average molecular weight is 444 g/mol. The van der Waals surface area contributed by atoms with Crippen molar-refractivity contribution in [3.05, 3.63) is 91.0 Å². The van der Waals surface area contributed by atoms with Gasteiger partial charge in [-0.1, -0.05) is 113 Å². The molecule has 0 bridgehead atoms. The largest absolute Gasteiger partial charge is 0.112 e. The maximum atomic E-state index is 2.39. The Bertz CT molecular complexity index is 798. The van der Waals surface area contributed by atoms with Gasteiger partial charge in [-0.3, -0.25) is 0 Å². The van der Waals surface area contributed by atoms with Gasteiger partial charge < -0.3 is 0 Å². The molecule has 0 heterocycles. The lowest BCUT2D eigenvalue weighted by Gasteiger charge is -2.32. The summed E-state index contributed by atoms with van der Waals surface area (Å²) in [7, 11) is -1.66. The number of benzene rings is 3. The topological polar surface area (TPSA) is 0 Å². The van der Waals surface area contributed by atoms with Crippen LogP contribution < -0.4 is 15.9 Å². The summed E-state index contributed by atoms with van der Waals surface area (Å²) in [5, 5.41) is 4.60. The summed E-state index contributed by atoms with van der Waals surface area (Å²) in [4.78, 5) is 0. The fourth-order valence-corrected chi connectivity index (χ4v) is 10.2. The van der Waals surface area contributed by atoms with Crippen LogP contribution in [0.2, 0.25) is 0 Å². The molecule has 0 amide bonds. The Morgan fingerprint density at radius 3 is 1.38 bits per heavy atom. The molecule has 32 heavy (non-hydrogen) atoms. The lowest BCUT2D eigenvalue weighted by Crippen LogP contribution is -2.34. The van der Waals surface area contributed by atoms with Gasteiger partial charge in [0.25, 0.3) is 0 Å². The first-order valence-electron chi connectivity index (χ1n) is 12.9. The molecule has 0 unspecified atom stereocenters. The molecule has 1 heteroatoms. The Hall–Kier alpha value is -1.91. The minimum absolute atomic E-state index is 0.896. The maximum Gasteiger partial charge on any atom is 0.112 e. The third-order valence-electron chi connectivity index (χ3n) is 7.65. The molecule has 1 aliphatic carbocycles. The van der Waals surface area contributed by atoms with Crippen molar-refractivity contribution < 1.29 is 0 Å². The highest BCUT2D eigenvalue weighted by molar-refractivity contribution is 7.95. The SMILES string of the molecule is CCCCCC1CCC(CC[P+](c2ccccc2)(c2ccccc2)c2ccccc2)CC1. The molecule has 1 fully saturated rings. The van der Waals surface area contributed by atoms with E-state index in [1.54, 1.807) is 0 Å². The third kappa shape index (κ3) is 5.52. The molecular weight excluding hydrogens is 403 g/mol. The van der Waals surface area contributed by atoms with E-state index in [4.69, 9.17) is 0 Å². The normalized spacial score (nSPS) is 19.0. The summed E-state index contributed by atoms with van der Waals surface area (Å²) in [6, 6.07) is 34.2. The average Bonchev–Trinajstić information content (AvgIpc) is 2.87. The Labute approximate surface area is 196 Å². The van der Waals surface area contributed by atoms with Gasteiger partial charge in [0.2, 0.25) is 0 Å². The highest BCUT2D eigenvalue weighted by atomic mass is 31.2. The second kappa shape index (κ2) is 11.8. The van der Waals surface area contributed by atoms with E-state index in [9.17, 15) is 0 Å². The molecule has 0 saturated heterocycles. The standard InChI is InChI=1S/C31H40P/c1-2-3-7-14-27-21-23-28(24-22-27)25-26-32(29-15-8-4-9-16-29,30-17-10-5-11-18-30)31-19-12-6-13-20-31/h4-6,8-13,15-20,27-28H,2-3,7,14,21-26H2,1H3/q+1. The molecule has 0 radical (unpaired) electrons. The van der Waals surface area contributed by atoms with E-state index in [0.717, 1.165) is 11.8 Å². The van der Waals surface area contributed by atoms with Crippen molar-refractivity contribution in [2.45, 2.75) is 64.7 Å². The zero-order valence-electron chi connectivity index (χ0n) is 19.8. The predicted molar refractivity (Wildman–Crippen MR) is 144 cm³/mol. The quantitative estimate of drug-likeness (QED) is 0.222. The van der Waals surface area contributed by atoms with Crippen molar-refractivity contribution in [3.8, 4) is 0 Å². The van der Waals surface area contributed by atoms with Gasteiger partial charge in [-0.15, -0.1) is 0 Å². The van der Waals surface area contributed by atoms with Crippen molar-refractivity contribution in [1.29, 1.82) is 0 Å². The van der Waals surface area contributed by atoms with Crippen LogP contribution in [0.15, 0.2) is 91.0 Å². The molecule has 0 aromatic heterocycles. The minimum atomic E-state index is -1.66. The van der Waals surface area contributed by atoms with E-state index in [1.807, 2.05) is 0 Å².